The van der Waals surface area contributed by atoms with E-state index in [4.69, 9.17) is 0 Å². The summed E-state index contributed by atoms with van der Waals surface area (Å²) >= 11 is 0. The lowest BCUT2D eigenvalue weighted by Gasteiger charge is -2.44. The summed E-state index contributed by atoms with van der Waals surface area (Å²) in [6, 6.07) is 58.6. The zero-order valence-corrected chi connectivity index (χ0v) is 26.4. The van der Waals surface area contributed by atoms with Crippen molar-refractivity contribution in [2.75, 3.05) is 9.80 Å². The Bertz CT molecular complexity index is 1940. The quantitative estimate of drug-likeness (QED) is 0.162. The van der Waals surface area contributed by atoms with Gasteiger partial charge in [0.05, 0.1) is 0 Å². The summed E-state index contributed by atoms with van der Waals surface area (Å²) < 4.78 is 0. The van der Waals surface area contributed by atoms with Crippen molar-refractivity contribution < 1.29 is 0 Å². The van der Waals surface area contributed by atoms with Gasteiger partial charge >= 0.3 is 0 Å². The lowest BCUT2D eigenvalue weighted by Crippen LogP contribution is -2.41. The lowest BCUT2D eigenvalue weighted by molar-refractivity contribution is 0.661. The molecule has 0 amide bonds. The molecular weight excluding hydrogens is 556 g/mol. The van der Waals surface area contributed by atoms with Crippen LogP contribution in [0, 0.1) is 13.8 Å². The van der Waals surface area contributed by atoms with Crippen LogP contribution in [0.25, 0.3) is 0 Å². The average molecular weight is 595 g/mol. The molecule has 46 heavy (non-hydrogen) atoms. The van der Waals surface area contributed by atoms with Crippen LogP contribution >= 0.6 is 0 Å². The molecule has 0 radical (unpaired) electrons. The molecule has 0 atom stereocenters. The summed E-state index contributed by atoms with van der Waals surface area (Å²) in [5.41, 5.74) is 10.2. The number of rotatable bonds is 8. The Balaban J connectivity index is 1.27. The number of aryl methyl sites for hydroxylation is 2. The van der Waals surface area contributed by atoms with E-state index in [1.165, 1.54) is 22.3 Å². The molecule has 0 saturated heterocycles. The summed E-state index contributed by atoms with van der Waals surface area (Å²) in [7, 11) is 0. The van der Waals surface area contributed by atoms with Crippen molar-refractivity contribution in [2.45, 2.75) is 25.3 Å². The van der Waals surface area contributed by atoms with Crippen LogP contribution in [0.4, 0.5) is 28.4 Å². The van der Waals surface area contributed by atoms with E-state index in [2.05, 4.69) is 212 Å². The molecule has 6 aromatic rings. The number of para-hydroxylation sites is 2. The molecule has 7 rings (SSSR count). The second kappa shape index (κ2) is 12.8. The number of allylic oxidation sites excluding steroid dienone is 2. The Morgan fingerprint density at radius 3 is 1.50 bits per heavy atom. The Morgan fingerprint density at radius 2 is 0.913 bits per heavy atom. The second-order valence-electron chi connectivity index (χ2n) is 12.0. The van der Waals surface area contributed by atoms with Gasteiger partial charge in [0, 0.05) is 34.4 Å². The zero-order chi connectivity index (χ0) is 31.3. The summed E-state index contributed by atoms with van der Waals surface area (Å²) in [5, 5.41) is 0. The molecule has 6 aromatic carbocycles. The molecule has 0 aromatic heterocycles. The molecule has 0 saturated carbocycles. The smallest absolute Gasteiger partial charge is 0.107 e. The maximum Gasteiger partial charge on any atom is 0.107 e. The van der Waals surface area contributed by atoms with Crippen molar-refractivity contribution >= 4 is 28.4 Å². The molecule has 0 unspecified atom stereocenters. The maximum absolute atomic E-state index is 2.46. The van der Waals surface area contributed by atoms with Crippen molar-refractivity contribution in [1.29, 1.82) is 0 Å². The standard InChI is InChI=1S/C44H38N2/c1-34-14-12-22-42(32-34)45(39-18-8-4-9-19-39)40-26-24-36(25-27-40)37-28-30-44(31-29-37,38-16-6-3-7-17-38)46(41-20-10-5-11-21-41)43-23-13-15-35(2)33-43/h3-33,37H,1-2H3. The van der Waals surface area contributed by atoms with Crippen LogP contribution in [0.1, 0.15) is 28.2 Å². The monoisotopic (exact) mass is 594 g/mol. The predicted octanol–water partition coefficient (Wildman–Crippen LogP) is 11.7. The van der Waals surface area contributed by atoms with E-state index in [0.717, 1.165) is 28.4 Å². The molecule has 224 valence electrons. The van der Waals surface area contributed by atoms with E-state index < -0.39 is 5.54 Å². The Morgan fingerprint density at radius 1 is 0.435 bits per heavy atom. The summed E-state index contributed by atoms with van der Waals surface area (Å²) in [5.74, 6) is 0.158. The summed E-state index contributed by atoms with van der Waals surface area (Å²) in [4.78, 5) is 4.78. The molecule has 2 heteroatoms. The third-order valence-electron chi connectivity index (χ3n) is 8.81. The molecule has 0 spiro atoms. The first-order valence-electron chi connectivity index (χ1n) is 16.0. The Labute approximate surface area is 273 Å². The van der Waals surface area contributed by atoms with Gasteiger partial charge in [-0.15, -0.1) is 0 Å². The summed E-state index contributed by atoms with van der Waals surface area (Å²) in [6.07, 6.45) is 9.51. The fourth-order valence-electron chi connectivity index (χ4n) is 6.58. The van der Waals surface area contributed by atoms with Gasteiger partial charge in [-0.1, -0.05) is 127 Å². The molecule has 0 N–H and O–H groups in total. The highest BCUT2D eigenvalue weighted by Gasteiger charge is 2.37. The summed E-state index contributed by atoms with van der Waals surface area (Å²) in [6.45, 7) is 4.30. The van der Waals surface area contributed by atoms with Gasteiger partial charge in [-0.05, 0) is 96.8 Å². The maximum atomic E-state index is 2.46. The van der Waals surface area contributed by atoms with Crippen LogP contribution in [0.5, 0.6) is 0 Å². The highest BCUT2D eigenvalue weighted by molar-refractivity contribution is 5.77. The molecule has 2 nitrogen and oxygen atoms in total. The minimum atomic E-state index is -0.498. The molecule has 0 aliphatic heterocycles. The minimum absolute atomic E-state index is 0.158. The normalized spacial score (nSPS) is 17.0. The van der Waals surface area contributed by atoms with Gasteiger partial charge in [0.15, 0.2) is 0 Å². The van der Waals surface area contributed by atoms with Crippen LogP contribution in [0.15, 0.2) is 188 Å². The highest BCUT2D eigenvalue weighted by Crippen LogP contribution is 2.45. The third-order valence-corrected chi connectivity index (χ3v) is 8.81. The second-order valence-corrected chi connectivity index (χ2v) is 12.0. The fraction of sp³-hybridized carbons (Fsp3) is 0.0909. The van der Waals surface area contributed by atoms with Crippen LogP contribution < -0.4 is 9.80 Å². The first-order chi connectivity index (χ1) is 22.6. The van der Waals surface area contributed by atoms with Crippen LogP contribution in [-0.4, -0.2) is 0 Å². The number of nitrogens with zero attached hydrogens (tertiary/aromatic N) is 2. The van der Waals surface area contributed by atoms with Gasteiger partial charge < -0.3 is 9.80 Å². The molecule has 0 heterocycles. The molecular formula is C44H38N2. The van der Waals surface area contributed by atoms with E-state index in [0.29, 0.717) is 0 Å². The van der Waals surface area contributed by atoms with Crippen LogP contribution in [0.3, 0.4) is 0 Å². The number of hydrogen-bond acceptors (Lipinski definition) is 2. The first-order valence-corrected chi connectivity index (χ1v) is 16.0. The molecule has 1 aliphatic rings. The highest BCUT2D eigenvalue weighted by atomic mass is 15.2. The Kier molecular flexibility index (Phi) is 8.10. The van der Waals surface area contributed by atoms with E-state index >= 15 is 0 Å². The van der Waals surface area contributed by atoms with Gasteiger partial charge in [-0.3, -0.25) is 0 Å². The molecule has 0 fully saturated rings. The van der Waals surface area contributed by atoms with Gasteiger partial charge in [-0.2, -0.15) is 0 Å². The van der Waals surface area contributed by atoms with Gasteiger partial charge in [-0.25, -0.2) is 0 Å². The van der Waals surface area contributed by atoms with E-state index in [1.807, 2.05) is 0 Å². The largest absolute Gasteiger partial charge is 0.324 e. The lowest BCUT2D eigenvalue weighted by atomic mass is 9.79. The number of anilines is 5. The predicted molar refractivity (Wildman–Crippen MR) is 195 cm³/mol. The van der Waals surface area contributed by atoms with Gasteiger partial charge in [0.2, 0.25) is 0 Å². The van der Waals surface area contributed by atoms with Gasteiger partial charge in [0.25, 0.3) is 0 Å². The molecule has 1 aliphatic carbocycles. The average Bonchev–Trinajstić information content (AvgIpc) is 3.11. The van der Waals surface area contributed by atoms with Crippen molar-refractivity contribution in [1.82, 2.24) is 0 Å². The number of hydrogen-bond donors (Lipinski definition) is 0. The zero-order valence-electron chi connectivity index (χ0n) is 26.4. The van der Waals surface area contributed by atoms with E-state index in [-0.39, 0.29) is 5.92 Å². The van der Waals surface area contributed by atoms with Crippen LogP contribution in [-0.2, 0) is 5.54 Å². The van der Waals surface area contributed by atoms with Crippen molar-refractivity contribution in [2.24, 2.45) is 0 Å². The third kappa shape index (κ3) is 5.78. The van der Waals surface area contributed by atoms with E-state index in [1.54, 1.807) is 0 Å². The Hall–Kier alpha value is -5.60. The number of benzene rings is 6. The van der Waals surface area contributed by atoms with Crippen molar-refractivity contribution in [3.63, 3.8) is 0 Å². The minimum Gasteiger partial charge on any atom is -0.324 e. The molecule has 0 bridgehead atoms. The SMILES string of the molecule is Cc1cccc(N(c2ccccc2)c2ccc(C3C=CC(c4ccccc4)(N(c4ccccc4)c4cccc(C)c4)C=C3)cc2)c1. The first kappa shape index (κ1) is 29.1. The van der Waals surface area contributed by atoms with Crippen molar-refractivity contribution in [3.8, 4) is 0 Å². The van der Waals surface area contributed by atoms with E-state index in [9.17, 15) is 0 Å². The van der Waals surface area contributed by atoms with Gasteiger partial charge in [0.1, 0.15) is 5.54 Å². The fourth-order valence-corrected chi connectivity index (χ4v) is 6.58. The van der Waals surface area contributed by atoms with Crippen LogP contribution in [0.2, 0.25) is 0 Å². The van der Waals surface area contributed by atoms with Crippen molar-refractivity contribution in [3.05, 3.63) is 210 Å². The topological polar surface area (TPSA) is 6.48 Å².